The molecule has 8 nitrogen and oxygen atoms in total. The lowest BCUT2D eigenvalue weighted by Gasteiger charge is -2.08. The summed E-state index contributed by atoms with van der Waals surface area (Å²) in [5.41, 5.74) is 4.80. The molecule has 1 rings (SSSR count). The van der Waals surface area contributed by atoms with E-state index in [0.29, 0.717) is 17.1 Å². The van der Waals surface area contributed by atoms with Crippen molar-refractivity contribution in [3.8, 4) is 11.5 Å². The van der Waals surface area contributed by atoms with Crippen molar-refractivity contribution in [1.82, 2.24) is 16.2 Å². The van der Waals surface area contributed by atoms with Crippen LogP contribution in [0.1, 0.15) is 19.4 Å². The Morgan fingerprint density at radius 1 is 0.958 bits per heavy atom. The molecule has 0 bridgehead atoms. The molecule has 0 aliphatic carbocycles. The molecule has 0 saturated carbocycles. The number of ether oxygens (including phenoxy) is 2. The summed E-state index contributed by atoms with van der Waals surface area (Å²) in [5.74, 6) is -1.22. The number of carbonyl (C=O) groups excluding carboxylic acids is 3. The maximum Gasteiger partial charge on any atom is 0.327 e. The van der Waals surface area contributed by atoms with Gasteiger partial charge in [-0.15, -0.1) is 0 Å². The van der Waals surface area contributed by atoms with Crippen molar-refractivity contribution in [3.05, 3.63) is 29.8 Å². The fourth-order valence-electron chi connectivity index (χ4n) is 1.64. The molecule has 0 fully saturated rings. The topological polar surface area (TPSA) is 106 Å². The quantitative estimate of drug-likeness (QED) is 0.410. The van der Waals surface area contributed by atoms with Crippen LogP contribution in [0.25, 0.3) is 6.08 Å². The van der Waals surface area contributed by atoms with Crippen molar-refractivity contribution in [2.45, 2.75) is 19.9 Å². The highest BCUT2D eigenvalue weighted by Gasteiger charge is 2.14. The molecule has 0 radical (unpaired) electrons. The Morgan fingerprint density at radius 3 is 2.04 bits per heavy atom. The second-order valence-corrected chi connectivity index (χ2v) is 5.05. The number of nitrogens with one attached hydrogen (secondary N) is 3. The first-order chi connectivity index (χ1) is 11.3. The van der Waals surface area contributed by atoms with Gasteiger partial charge >= 0.3 is 11.8 Å². The van der Waals surface area contributed by atoms with Crippen molar-refractivity contribution < 1.29 is 23.9 Å². The summed E-state index contributed by atoms with van der Waals surface area (Å²) in [6, 6.07) is 4.94. The minimum atomic E-state index is -0.950. The van der Waals surface area contributed by atoms with E-state index in [2.05, 4.69) is 10.7 Å². The molecule has 0 atom stereocenters. The van der Waals surface area contributed by atoms with E-state index < -0.39 is 17.7 Å². The van der Waals surface area contributed by atoms with Crippen LogP contribution in [0.2, 0.25) is 0 Å². The van der Waals surface area contributed by atoms with E-state index in [0.717, 1.165) is 0 Å². The molecule has 1 aromatic rings. The third kappa shape index (κ3) is 6.39. The van der Waals surface area contributed by atoms with E-state index >= 15 is 0 Å². The zero-order chi connectivity index (χ0) is 18.1. The van der Waals surface area contributed by atoms with E-state index in [1.165, 1.54) is 26.4 Å². The van der Waals surface area contributed by atoms with Crippen molar-refractivity contribution >= 4 is 23.8 Å². The highest BCUT2D eigenvalue weighted by atomic mass is 16.5. The molecule has 1 aromatic carbocycles. The molecule has 0 spiro atoms. The monoisotopic (exact) mass is 335 g/mol. The lowest BCUT2D eigenvalue weighted by molar-refractivity contribution is -0.140. The molecule has 0 aromatic heterocycles. The Balaban J connectivity index is 2.60. The van der Waals surface area contributed by atoms with Crippen LogP contribution in [0.4, 0.5) is 0 Å². The maximum absolute atomic E-state index is 11.7. The predicted molar refractivity (Wildman–Crippen MR) is 88.1 cm³/mol. The summed E-state index contributed by atoms with van der Waals surface area (Å²) in [7, 11) is 3.04. The van der Waals surface area contributed by atoms with Gasteiger partial charge < -0.3 is 14.8 Å². The van der Waals surface area contributed by atoms with Crippen LogP contribution >= 0.6 is 0 Å². The van der Waals surface area contributed by atoms with Crippen molar-refractivity contribution in [2.24, 2.45) is 0 Å². The molecule has 0 aliphatic rings. The smallest absolute Gasteiger partial charge is 0.327 e. The molecule has 0 unspecified atom stereocenters. The van der Waals surface area contributed by atoms with Crippen LogP contribution in [-0.2, 0) is 14.4 Å². The molecule has 130 valence electrons. The first-order valence-corrected chi connectivity index (χ1v) is 7.17. The minimum Gasteiger partial charge on any atom is -0.497 e. The standard InChI is InChI=1S/C16H21N3O5/c1-10(2)17-15(21)16(22)19-18-14(20)6-5-11-7-12(23-3)9-13(8-11)24-4/h5-10H,1-4H3,(H,17,21)(H,18,20)(H,19,22)/b6-5+. The fourth-order valence-corrected chi connectivity index (χ4v) is 1.64. The Bertz CT molecular complexity index is 618. The van der Waals surface area contributed by atoms with Crippen LogP contribution in [0.3, 0.4) is 0 Å². The van der Waals surface area contributed by atoms with Gasteiger partial charge in [-0.05, 0) is 37.6 Å². The summed E-state index contributed by atoms with van der Waals surface area (Å²) in [6.45, 7) is 3.43. The highest BCUT2D eigenvalue weighted by Crippen LogP contribution is 2.23. The number of hydrazine groups is 1. The van der Waals surface area contributed by atoms with E-state index in [1.807, 2.05) is 5.43 Å². The Kier molecular flexibility index (Phi) is 7.28. The molecule has 0 aliphatic heterocycles. The van der Waals surface area contributed by atoms with E-state index in [4.69, 9.17) is 9.47 Å². The molecular weight excluding hydrogens is 314 g/mol. The van der Waals surface area contributed by atoms with E-state index in [1.54, 1.807) is 32.0 Å². The second kappa shape index (κ2) is 9.19. The van der Waals surface area contributed by atoms with Crippen molar-refractivity contribution in [3.63, 3.8) is 0 Å². The highest BCUT2D eigenvalue weighted by molar-refractivity contribution is 6.35. The summed E-state index contributed by atoms with van der Waals surface area (Å²) in [4.78, 5) is 34.5. The molecule has 3 N–H and O–H groups in total. The molecular formula is C16H21N3O5. The molecule has 0 saturated heterocycles. The number of rotatable bonds is 5. The number of amides is 3. The van der Waals surface area contributed by atoms with Gasteiger partial charge in [-0.2, -0.15) is 0 Å². The van der Waals surface area contributed by atoms with Crippen LogP contribution in [-0.4, -0.2) is 38.0 Å². The third-order valence-electron chi connectivity index (χ3n) is 2.73. The van der Waals surface area contributed by atoms with Gasteiger partial charge in [0.15, 0.2) is 0 Å². The third-order valence-corrected chi connectivity index (χ3v) is 2.73. The lowest BCUT2D eigenvalue weighted by Crippen LogP contribution is -2.49. The Morgan fingerprint density at radius 2 is 1.54 bits per heavy atom. The zero-order valence-corrected chi connectivity index (χ0v) is 14.0. The van der Waals surface area contributed by atoms with Gasteiger partial charge in [0.25, 0.3) is 5.91 Å². The second-order valence-electron chi connectivity index (χ2n) is 5.05. The zero-order valence-electron chi connectivity index (χ0n) is 14.0. The van der Waals surface area contributed by atoms with Crippen LogP contribution in [0, 0.1) is 0 Å². The van der Waals surface area contributed by atoms with Crippen molar-refractivity contribution in [2.75, 3.05) is 14.2 Å². The average molecular weight is 335 g/mol. The molecule has 8 heteroatoms. The van der Waals surface area contributed by atoms with E-state index in [-0.39, 0.29) is 6.04 Å². The predicted octanol–water partition coefficient (Wildman–Crippen LogP) is 0.389. The van der Waals surface area contributed by atoms with Gasteiger partial charge in [-0.25, -0.2) is 0 Å². The number of carbonyl (C=O) groups is 3. The summed E-state index contributed by atoms with van der Waals surface area (Å²) in [5, 5.41) is 2.40. The summed E-state index contributed by atoms with van der Waals surface area (Å²) >= 11 is 0. The maximum atomic E-state index is 11.7. The first-order valence-electron chi connectivity index (χ1n) is 7.17. The first kappa shape index (κ1) is 19.0. The number of methoxy groups -OCH3 is 2. The van der Waals surface area contributed by atoms with Crippen LogP contribution < -0.4 is 25.6 Å². The normalized spacial score (nSPS) is 10.4. The fraction of sp³-hybridized carbons (Fsp3) is 0.312. The van der Waals surface area contributed by atoms with Gasteiger partial charge in [-0.1, -0.05) is 0 Å². The Hall–Kier alpha value is -3.03. The minimum absolute atomic E-state index is 0.179. The molecule has 24 heavy (non-hydrogen) atoms. The van der Waals surface area contributed by atoms with Gasteiger partial charge in [0.1, 0.15) is 11.5 Å². The van der Waals surface area contributed by atoms with Gasteiger partial charge in [-0.3, -0.25) is 25.2 Å². The lowest BCUT2D eigenvalue weighted by atomic mass is 10.2. The van der Waals surface area contributed by atoms with Gasteiger partial charge in [0.2, 0.25) is 0 Å². The SMILES string of the molecule is COc1cc(/C=C/C(=O)NNC(=O)C(=O)NC(C)C)cc(OC)c1. The van der Waals surface area contributed by atoms with Crippen molar-refractivity contribution in [1.29, 1.82) is 0 Å². The van der Waals surface area contributed by atoms with Crippen LogP contribution in [0.15, 0.2) is 24.3 Å². The number of benzene rings is 1. The van der Waals surface area contributed by atoms with E-state index in [9.17, 15) is 14.4 Å². The molecule has 3 amide bonds. The largest absolute Gasteiger partial charge is 0.497 e. The number of hydrogen-bond acceptors (Lipinski definition) is 5. The van der Waals surface area contributed by atoms with Gasteiger partial charge in [0.05, 0.1) is 14.2 Å². The number of hydrogen-bond donors (Lipinski definition) is 3. The summed E-state index contributed by atoms with van der Waals surface area (Å²) in [6.07, 6.45) is 2.72. The Labute approximate surface area is 140 Å². The van der Waals surface area contributed by atoms with Crippen LogP contribution in [0.5, 0.6) is 11.5 Å². The molecule has 0 heterocycles. The van der Waals surface area contributed by atoms with Gasteiger partial charge in [0, 0.05) is 18.2 Å². The summed E-state index contributed by atoms with van der Waals surface area (Å²) < 4.78 is 10.3. The average Bonchev–Trinajstić information content (AvgIpc) is 2.56.